The lowest BCUT2D eigenvalue weighted by molar-refractivity contribution is -0.119. The third-order valence-corrected chi connectivity index (χ3v) is 5.79. The molecule has 8 nitrogen and oxygen atoms in total. The number of primary amides is 1. The van der Waals surface area contributed by atoms with Gasteiger partial charge < -0.3 is 15.2 Å². The van der Waals surface area contributed by atoms with E-state index >= 15 is 0 Å². The number of nitrogens with zero attached hydrogens (tertiary/aromatic N) is 3. The fourth-order valence-corrected chi connectivity index (χ4v) is 3.96. The first kappa shape index (κ1) is 24.7. The molecule has 0 bridgehead atoms. The Balaban J connectivity index is 1.93. The zero-order chi connectivity index (χ0) is 25.8. The molecule has 0 fully saturated rings. The van der Waals surface area contributed by atoms with Crippen molar-refractivity contribution < 1.29 is 14.3 Å². The van der Waals surface area contributed by atoms with Gasteiger partial charge >= 0.3 is 0 Å². The minimum Gasteiger partial charge on any atom is -0.496 e. The van der Waals surface area contributed by atoms with E-state index in [0.29, 0.717) is 28.0 Å². The van der Waals surface area contributed by atoms with Crippen LogP contribution in [0.25, 0.3) is 22.3 Å². The zero-order valence-electron chi connectivity index (χ0n) is 20.7. The normalized spacial score (nSPS) is 11.4. The number of benzene rings is 3. The first-order valence-corrected chi connectivity index (χ1v) is 11.5. The van der Waals surface area contributed by atoms with E-state index in [1.54, 1.807) is 37.4 Å². The summed E-state index contributed by atoms with van der Waals surface area (Å²) in [6.07, 6.45) is 1.51. The number of para-hydroxylation sites is 2. The van der Waals surface area contributed by atoms with Gasteiger partial charge in [-0.3, -0.25) is 9.59 Å². The summed E-state index contributed by atoms with van der Waals surface area (Å²) < 4.78 is 12.4. The number of hydrogen-bond donors (Lipinski definition) is 1. The van der Waals surface area contributed by atoms with E-state index in [0.717, 1.165) is 22.4 Å². The van der Waals surface area contributed by atoms with Gasteiger partial charge in [-0.1, -0.05) is 38.1 Å². The van der Waals surface area contributed by atoms with Crippen LogP contribution in [-0.4, -0.2) is 35.5 Å². The molecule has 8 heteroatoms. The maximum absolute atomic E-state index is 13.6. The second kappa shape index (κ2) is 10.4. The molecule has 0 aliphatic carbocycles. The molecule has 36 heavy (non-hydrogen) atoms. The number of aromatic nitrogens is 2. The van der Waals surface area contributed by atoms with E-state index in [1.807, 2.05) is 37.3 Å². The van der Waals surface area contributed by atoms with Gasteiger partial charge in [0.05, 0.1) is 24.2 Å². The number of fused-ring (bicyclic) bond motifs is 1. The van der Waals surface area contributed by atoms with E-state index < -0.39 is 5.91 Å². The predicted molar refractivity (Wildman–Crippen MR) is 141 cm³/mol. The Hall–Kier alpha value is -4.46. The summed E-state index contributed by atoms with van der Waals surface area (Å²) in [5, 5.41) is 4.99. The Kier molecular flexibility index (Phi) is 7.15. The van der Waals surface area contributed by atoms with Crippen LogP contribution < -0.4 is 20.8 Å². The van der Waals surface area contributed by atoms with Gasteiger partial charge in [0.25, 0.3) is 11.5 Å². The van der Waals surface area contributed by atoms with Crippen molar-refractivity contribution in [1.29, 1.82) is 0 Å². The van der Waals surface area contributed by atoms with Crippen LogP contribution in [0.1, 0.15) is 36.5 Å². The Bertz CT molecular complexity index is 1520. The average Bonchev–Trinajstić information content (AvgIpc) is 2.87. The van der Waals surface area contributed by atoms with Gasteiger partial charge in [-0.05, 0) is 60.4 Å². The molecule has 2 N–H and O–H groups in total. The first-order valence-electron chi connectivity index (χ1n) is 11.5. The number of amides is 1. The molecule has 1 heterocycles. The zero-order valence-corrected chi connectivity index (χ0v) is 20.7. The van der Waals surface area contributed by atoms with E-state index in [-0.39, 0.29) is 18.1 Å². The lowest BCUT2D eigenvalue weighted by atomic mass is 9.96. The van der Waals surface area contributed by atoms with Crippen molar-refractivity contribution in [3.63, 3.8) is 0 Å². The fourth-order valence-electron chi connectivity index (χ4n) is 3.96. The smallest absolute Gasteiger partial charge is 0.282 e. The highest BCUT2D eigenvalue weighted by Gasteiger charge is 2.18. The van der Waals surface area contributed by atoms with Crippen molar-refractivity contribution in [1.82, 2.24) is 9.66 Å². The van der Waals surface area contributed by atoms with Gasteiger partial charge in [0.15, 0.2) is 12.4 Å². The predicted octanol–water partition coefficient (Wildman–Crippen LogP) is 4.25. The van der Waals surface area contributed by atoms with Crippen LogP contribution in [0.3, 0.4) is 0 Å². The summed E-state index contributed by atoms with van der Waals surface area (Å²) in [5.74, 6) is 1.22. The SMILES string of the molecule is COc1cc(C)c(-c2nc3ccccc3c(=O)n2N=Cc2ccccc2OCC(N)=O)cc1C(C)C. The number of hydrogen-bond acceptors (Lipinski definition) is 6. The third-order valence-electron chi connectivity index (χ3n) is 5.79. The summed E-state index contributed by atoms with van der Waals surface area (Å²) in [6.45, 7) is 5.85. The average molecular weight is 485 g/mol. The van der Waals surface area contributed by atoms with E-state index in [4.69, 9.17) is 20.2 Å². The molecule has 4 rings (SSSR count). The lowest BCUT2D eigenvalue weighted by Gasteiger charge is -2.17. The minimum atomic E-state index is -0.588. The van der Waals surface area contributed by atoms with Gasteiger partial charge in [0, 0.05) is 11.1 Å². The summed E-state index contributed by atoms with van der Waals surface area (Å²) in [5.41, 5.74) is 8.75. The molecule has 1 aromatic heterocycles. The Morgan fingerprint density at radius 2 is 1.83 bits per heavy atom. The maximum atomic E-state index is 13.6. The van der Waals surface area contributed by atoms with Crippen LogP contribution in [0.15, 0.2) is 70.6 Å². The van der Waals surface area contributed by atoms with E-state index in [2.05, 4.69) is 18.9 Å². The van der Waals surface area contributed by atoms with Crippen LogP contribution in [0, 0.1) is 6.92 Å². The molecule has 184 valence electrons. The Morgan fingerprint density at radius 1 is 1.11 bits per heavy atom. The van der Waals surface area contributed by atoms with Crippen LogP contribution in [0.2, 0.25) is 0 Å². The highest BCUT2D eigenvalue weighted by Crippen LogP contribution is 2.34. The molecule has 0 aliphatic heterocycles. The molecule has 4 aromatic rings. The van der Waals surface area contributed by atoms with Crippen LogP contribution in [-0.2, 0) is 4.79 Å². The van der Waals surface area contributed by atoms with Gasteiger partial charge in [0.1, 0.15) is 11.5 Å². The molecule has 0 aliphatic rings. The maximum Gasteiger partial charge on any atom is 0.282 e. The largest absolute Gasteiger partial charge is 0.496 e. The Morgan fingerprint density at radius 3 is 2.56 bits per heavy atom. The number of methoxy groups -OCH3 is 1. The summed E-state index contributed by atoms with van der Waals surface area (Å²) >= 11 is 0. The second-order valence-corrected chi connectivity index (χ2v) is 8.67. The third kappa shape index (κ3) is 4.98. The van der Waals surface area contributed by atoms with Crippen LogP contribution >= 0.6 is 0 Å². The second-order valence-electron chi connectivity index (χ2n) is 8.67. The lowest BCUT2D eigenvalue weighted by Crippen LogP contribution is -2.21. The number of carbonyl (C=O) groups excluding carboxylic acids is 1. The van der Waals surface area contributed by atoms with Crippen molar-refractivity contribution in [2.24, 2.45) is 10.8 Å². The topological polar surface area (TPSA) is 109 Å². The van der Waals surface area contributed by atoms with Gasteiger partial charge in [-0.2, -0.15) is 9.78 Å². The molecular formula is C28H28N4O4. The summed E-state index contributed by atoms with van der Waals surface area (Å²) in [6, 6.07) is 18.2. The van der Waals surface area contributed by atoms with Crippen molar-refractivity contribution in [2.45, 2.75) is 26.7 Å². The van der Waals surface area contributed by atoms with Crippen molar-refractivity contribution >= 4 is 23.0 Å². The molecule has 0 atom stereocenters. The molecule has 0 saturated carbocycles. The fraction of sp³-hybridized carbons (Fsp3) is 0.214. The number of carbonyl (C=O) groups is 1. The molecule has 0 saturated heterocycles. The van der Waals surface area contributed by atoms with Crippen molar-refractivity contribution in [3.8, 4) is 22.9 Å². The molecular weight excluding hydrogens is 456 g/mol. The monoisotopic (exact) mass is 484 g/mol. The van der Waals surface area contributed by atoms with Gasteiger partial charge in [0.2, 0.25) is 0 Å². The number of rotatable bonds is 8. The highest BCUT2D eigenvalue weighted by atomic mass is 16.5. The molecule has 3 aromatic carbocycles. The minimum absolute atomic E-state index is 0.192. The van der Waals surface area contributed by atoms with Crippen LogP contribution in [0.4, 0.5) is 0 Å². The number of nitrogens with two attached hydrogens (primary N) is 1. The molecule has 0 radical (unpaired) electrons. The molecule has 0 spiro atoms. The van der Waals surface area contributed by atoms with Crippen LogP contribution in [0.5, 0.6) is 11.5 Å². The quantitative estimate of drug-likeness (QED) is 0.376. The van der Waals surface area contributed by atoms with Gasteiger partial charge in [-0.25, -0.2) is 4.98 Å². The number of ether oxygens (including phenoxy) is 2. The Labute approximate surface area is 209 Å². The summed E-state index contributed by atoms with van der Waals surface area (Å²) in [4.78, 5) is 29.6. The standard InChI is InChI=1S/C28H28N4O4/c1-17(2)21-14-22(18(3)13-25(21)35-4)27-31-23-11-7-6-10-20(23)28(34)32(27)30-15-19-9-5-8-12-24(19)36-16-26(29)33/h5-15,17H,16H2,1-4H3,(H2,29,33). The van der Waals surface area contributed by atoms with E-state index in [1.165, 1.54) is 10.9 Å². The van der Waals surface area contributed by atoms with E-state index in [9.17, 15) is 9.59 Å². The summed E-state index contributed by atoms with van der Waals surface area (Å²) in [7, 11) is 1.65. The van der Waals surface area contributed by atoms with Crippen molar-refractivity contribution in [2.75, 3.05) is 13.7 Å². The molecule has 0 unspecified atom stereocenters. The first-order chi connectivity index (χ1) is 17.3. The number of aryl methyl sites for hydroxylation is 1. The highest BCUT2D eigenvalue weighted by molar-refractivity contribution is 5.85. The van der Waals surface area contributed by atoms with Crippen molar-refractivity contribution in [3.05, 3.63) is 87.7 Å². The van der Waals surface area contributed by atoms with Gasteiger partial charge in [-0.15, -0.1) is 0 Å². The molecule has 1 amide bonds.